The standard InChI is InChI=1S/C21H21N5O4S/c1-4-13-5-8-15(9-6-13)30-12-18(27)22-20-25-26-19(23-24-21(26)31-20)14-7-10-16(28-2)17(11-14)29-3/h5-11H,4,12H2,1-3H3,(H,22,25,27). The van der Waals surface area contributed by atoms with Crippen LogP contribution in [0.3, 0.4) is 0 Å². The summed E-state index contributed by atoms with van der Waals surface area (Å²) in [5.41, 5.74) is 1.97. The highest BCUT2D eigenvalue weighted by Gasteiger charge is 2.17. The number of amides is 1. The molecule has 9 nitrogen and oxygen atoms in total. The number of hydrogen-bond donors (Lipinski definition) is 1. The second kappa shape index (κ2) is 9.00. The third-order valence-electron chi connectivity index (χ3n) is 4.58. The first-order valence-electron chi connectivity index (χ1n) is 9.57. The molecule has 2 aromatic carbocycles. The van der Waals surface area contributed by atoms with Crippen molar-refractivity contribution in [3.05, 3.63) is 48.0 Å². The SMILES string of the molecule is CCc1ccc(OCC(=O)Nc2nn3c(-c4ccc(OC)c(OC)c4)nnc3s2)cc1. The summed E-state index contributed by atoms with van der Waals surface area (Å²) in [6, 6.07) is 13.1. The highest BCUT2D eigenvalue weighted by molar-refractivity contribution is 7.20. The van der Waals surface area contributed by atoms with Crippen LogP contribution in [-0.4, -0.2) is 46.5 Å². The zero-order chi connectivity index (χ0) is 21.8. The van der Waals surface area contributed by atoms with E-state index in [-0.39, 0.29) is 12.5 Å². The largest absolute Gasteiger partial charge is 0.493 e. The normalized spacial score (nSPS) is 10.8. The molecule has 4 aromatic rings. The first-order chi connectivity index (χ1) is 15.1. The van der Waals surface area contributed by atoms with Gasteiger partial charge in [-0.2, -0.15) is 4.52 Å². The Kier molecular flexibility index (Phi) is 5.99. The number of anilines is 1. The molecule has 0 aliphatic carbocycles. The Morgan fingerprint density at radius 1 is 1.06 bits per heavy atom. The van der Waals surface area contributed by atoms with E-state index in [1.54, 1.807) is 30.9 Å². The number of aromatic nitrogens is 4. The molecule has 10 heteroatoms. The lowest BCUT2D eigenvalue weighted by atomic mass is 10.2. The molecule has 0 saturated heterocycles. The molecule has 4 rings (SSSR count). The Hall–Kier alpha value is -3.66. The van der Waals surface area contributed by atoms with Crippen LogP contribution in [0.15, 0.2) is 42.5 Å². The van der Waals surface area contributed by atoms with Crippen molar-refractivity contribution in [3.8, 4) is 28.6 Å². The lowest BCUT2D eigenvalue weighted by Gasteiger charge is -2.08. The summed E-state index contributed by atoms with van der Waals surface area (Å²) in [6.45, 7) is 1.97. The van der Waals surface area contributed by atoms with Crippen molar-refractivity contribution in [1.82, 2.24) is 19.8 Å². The topological polar surface area (TPSA) is 99.9 Å². The predicted molar refractivity (Wildman–Crippen MR) is 117 cm³/mol. The predicted octanol–water partition coefficient (Wildman–Crippen LogP) is 3.45. The monoisotopic (exact) mass is 439 g/mol. The van der Waals surface area contributed by atoms with Crippen molar-refractivity contribution in [2.75, 3.05) is 26.1 Å². The zero-order valence-electron chi connectivity index (χ0n) is 17.3. The van der Waals surface area contributed by atoms with Crippen molar-refractivity contribution >= 4 is 27.3 Å². The maximum atomic E-state index is 12.3. The van der Waals surface area contributed by atoms with E-state index in [2.05, 4.69) is 27.5 Å². The molecular weight excluding hydrogens is 418 g/mol. The van der Waals surface area contributed by atoms with Gasteiger partial charge < -0.3 is 14.2 Å². The van der Waals surface area contributed by atoms with E-state index in [0.717, 1.165) is 12.0 Å². The van der Waals surface area contributed by atoms with Crippen molar-refractivity contribution in [1.29, 1.82) is 0 Å². The fourth-order valence-electron chi connectivity index (χ4n) is 2.95. The molecule has 2 aromatic heterocycles. The summed E-state index contributed by atoms with van der Waals surface area (Å²) in [6.07, 6.45) is 0.951. The fourth-order valence-corrected chi connectivity index (χ4v) is 3.70. The quantitative estimate of drug-likeness (QED) is 0.449. The van der Waals surface area contributed by atoms with Crippen LogP contribution in [0.4, 0.5) is 5.13 Å². The minimum atomic E-state index is -0.308. The van der Waals surface area contributed by atoms with Crippen LogP contribution in [0, 0.1) is 0 Å². The molecule has 0 spiro atoms. The summed E-state index contributed by atoms with van der Waals surface area (Å²) >= 11 is 1.22. The van der Waals surface area contributed by atoms with Crippen LogP contribution in [0.1, 0.15) is 12.5 Å². The third kappa shape index (κ3) is 4.43. The lowest BCUT2D eigenvalue weighted by molar-refractivity contribution is -0.118. The van der Waals surface area contributed by atoms with Gasteiger partial charge in [0.05, 0.1) is 14.2 Å². The number of nitrogens with one attached hydrogen (secondary N) is 1. The molecule has 0 saturated carbocycles. The third-order valence-corrected chi connectivity index (χ3v) is 5.39. The minimum Gasteiger partial charge on any atom is -0.493 e. The van der Waals surface area contributed by atoms with Gasteiger partial charge in [-0.25, -0.2) is 0 Å². The number of benzene rings is 2. The van der Waals surface area contributed by atoms with Crippen LogP contribution in [0.25, 0.3) is 16.3 Å². The Labute approximate surface area is 182 Å². The molecule has 0 bridgehead atoms. The summed E-state index contributed by atoms with van der Waals surface area (Å²) in [5, 5.41) is 15.9. The van der Waals surface area contributed by atoms with Gasteiger partial charge in [-0.15, -0.1) is 15.3 Å². The van der Waals surface area contributed by atoms with Crippen molar-refractivity contribution in [2.45, 2.75) is 13.3 Å². The van der Waals surface area contributed by atoms with Crippen LogP contribution in [0.5, 0.6) is 17.2 Å². The Morgan fingerprint density at radius 3 is 2.55 bits per heavy atom. The molecule has 0 aliphatic rings. The summed E-state index contributed by atoms with van der Waals surface area (Å²) in [7, 11) is 3.14. The Bertz CT molecular complexity index is 1200. The van der Waals surface area contributed by atoms with Gasteiger partial charge in [0.15, 0.2) is 23.9 Å². The number of rotatable bonds is 8. The Morgan fingerprint density at radius 2 is 1.84 bits per heavy atom. The number of fused-ring (bicyclic) bond motifs is 1. The molecule has 0 atom stereocenters. The smallest absolute Gasteiger partial charge is 0.264 e. The molecule has 2 heterocycles. The number of nitrogens with zero attached hydrogens (tertiary/aromatic N) is 4. The number of carbonyl (C=O) groups excluding carboxylic acids is 1. The second-order valence-corrected chi connectivity index (χ2v) is 7.49. The first kappa shape index (κ1) is 20.6. The molecule has 160 valence electrons. The van der Waals surface area contributed by atoms with Gasteiger partial charge in [0, 0.05) is 5.56 Å². The van der Waals surface area contributed by atoms with Crippen molar-refractivity contribution in [3.63, 3.8) is 0 Å². The highest BCUT2D eigenvalue weighted by atomic mass is 32.1. The molecule has 1 N–H and O–H groups in total. The zero-order valence-corrected chi connectivity index (χ0v) is 18.1. The maximum Gasteiger partial charge on any atom is 0.264 e. The summed E-state index contributed by atoms with van der Waals surface area (Å²) in [5.74, 6) is 2.05. The van der Waals surface area contributed by atoms with E-state index in [1.807, 2.05) is 30.3 Å². The van der Waals surface area contributed by atoms with Gasteiger partial charge in [0.1, 0.15) is 5.75 Å². The molecule has 0 unspecified atom stereocenters. The first-order valence-corrected chi connectivity index (χ1v) is 10.4. The van der Waals surface area contributed by atoms with Crippen molar-refractivity contribution < 1.29 is 19.0 Å². The average Bonchev–Trinajstić information content (AvgIpc) is 3.37. The maximum absolute atomic E-state index is 12.3. The molecule has 0 radical (unpaired) electrons. The highest BCUT2D eigenvalue weighted by Crippen LogP contribution is 2.32. The fraction of sp³-hybridized carbons (Fsp3) is 0.238. The number of methoxy groups -OCH3 is 2. The van der Waals surface area contributed by atoms with Crippen LogP contribution in [0.2, 0.25) is 0 Å². The summed E-state index contributed by atoms with van der Waals surface area (Å²) < 4.78 is 17.7. The number of aryl methyl sites for hydroxylation is 1. The molecule has 1 amide bonds. The van der Waals surface area contributed by atoms with Crippen LogP contribution < -0.4 is 19.5 Å². The van der Waals surface area contributed by atoms with E-state index in [4.69, 9.17) is 14.2 Å². The van der Waals surface area contributed by atoms with Crippen molar-refractivity contribution in [2.24, 2.45) is 0 Å². The lowest BCUT2D eigenvalue weighted by Crippen LogP contribution is -2.20. The molecule has 0 aliphatic heterocycles. The van der Waals surface area contributed by atoms with E-state index in [9.17, 15) is 4.79 Å². The van der Waals surface area contributed by atoms with Gasteiger partial charge in [-0.3, -0.25) is 10.1 Å². The van der Waals surface area contributed by atoms with Crippen LogP contribution in [-0.2, 0) is 11.2 Å². The number of carbonyl (C=O) groups is 1. The van der Waals surface area contributed by atoms with E-state index in [1.165, 1.54) is 16.9 Å². The molecule has 0 fully saturated rings. The van der Waals surface area contributed by atoms with Gasteiger partial charge in [-0.1, -0.05) is 30.4 Å². The average molecular weight is 439 g/mol. The molecule has 31 heavy (non-hydrogen) atoms. The van der Waals surface area contributed by atoms with E-state index in [0.29, 0.717) is 33.2 Å². The van der Waals surface area contributed by atoms with Gasteiger partial charge >= 0.3 is 0 Å². The molecular formula is C21H21N5O4S. The summed E-state index contributed by atoms with van der Waals surface area (Å²) in [4.78, 5) is 12.8. The van der Waals surface area contributed by atoms with Gasteiger partial charge in [0.2, 0.25) is 10.1 Å². The number of ether oxygens (including phenoxy) is 3. The Balaban J connectivity index is 1.46. The van der Waals surface area contributed by atoms with Gasteiger partial charge in [0.25, 0.3) is 5.91 Å². The van der Waals surface area contributed by atoms with Gasteiger partial charge in [-0.05, 0) is 42.3 Å². The van der Waals surface area contributed by atoms with E-state index >= 15 is 0 Å². The van der Waals surface area contributed by atoms with Crippen LogP contribution >= 0.6 is 11.3 Å². The second-order valence-electron chi connectivity index (χ2n) is 6.53. The number of hydrogen-bond acceptors (Lipinski definition) is 8. The van der Waals surface area contributed by atoms with E-state index < -0.39 is 0 Å². The minimum absolute atomic E-state index is 0.117.